The van der Waals surface area contributed by atoms with Gasteiger partial charge < -0.3 is 10.1 Å². The Kier molecular flexibility index (Phi) is 6.93. The summed E-state index contributed by atoms with van der Waals surface area (Å²) in [5.74, 6) is 1.66. The molecule has 2 rings (SSSR count). The van der Waals surface area contributed by atoms with Gasteiger partial charge in [-0.2, -0.15) is 4.98 Å². The SMILES string of the molecule is CCCC(CC)COc1ccc(Nc2nc(Cl)ncc2N=O)cc1. The Morgan fingerprint density at radius 2 is 2.04 bits per heavy atom. The van der Waals surface area contributed by atoms with Crippen LogP contribution >= 0.6 is 11.6 Å². The van der Waals surface area contributed by atoms with Crippen molar-refractivity contribution in [2.45, 2.75) is 33.1 Å². The Hall–Kier alpha value is -2.21. The molecule has 6 nitrogen and oxygen atoms in total. The number of hydrogen-bond acceptors (Lipinski definition) is 6. The highest BCUT2D eigenvalue weighted by atomic mass is 35.5. The van der Waals surface area contributed by atoms with E-state index in [4.69, 9.17) is 16.3 Å². The van der Waals surface area contributed by atoms with E-state index in [2.05, 4.69) is 34.3 Å². The van der Waals surface area contributed by atoms with Crippen molar-refractivity contribution in [1.82, 2.24) is 9.97 Å². The lowest BCUT2D eigenvalue weighted by atomic mass is 10.0. The quantitative estimate of drug-likeness (QED) is 0.479. The fraction of sp³-hybridized carbons (Fsp3) is 0.412. The van der Waals surface area contributed by atoms with Crippen LogP contribution in [0.15, 0.2) is 35.6 Å². The highest BCUT2D eigenvalue weighted by Crippen LogP contribution is 2.27. The van der Waals surface area contributed by atoms with Crippen molar-refractivity contribution in [2.24, 2.45) is 11.1 Å². The molecule has 0 fully saturated rings. The predicted octanol–water partition coefficient (Wildman–Crippen LogP) is 5.48. The van der Waals surface area contributed by atoms with E-state index in [0.717, 1.165) is 24.5 Å². The summed E-state index contributed by atoms with van der Waals surface area (Å²) in [4.78, 5) is 18.5. The second-order valence-electron chi connectivity index (χ2n) is 5.49. The van der Waals surface area contributed by atoms with Crippen molar-refractivity contribution in [3.63, 3.8) is 0 Å². The maximum absolute atomic E-state index is 10.8. The smallest absolute Gasteiger partial charge is 0.224 e. The molecule has 2 aromatic rings. The number of benzene rings is 1. The van der Waals surface area contributed by atoms with Gasteiger partial charge in [0.2, 0.25) is 5.28 Å². The van der Waals surface area contributed by atoms with Crippen molar-refractivity contribution < 1.29 is 4.74 Å². The summed E-state index contributed by atoms with van der Waals surface area (Å²) in [5, 5.41) is 5.93. The number of nitroso groups, excluding NO2 is 1. The Bertz CT molecular complexity index is 664. The first-order valence-electron chi connectivity index (χ1n) is 8.02. The number of anilines is 2. The van der Waals surface area contributed by atoms with Crippen molar-refractivity contribution in [3.05, 3.63) is 40.7 Å². The molecule has 1 aromatic carbocycles. The van der Waals surface area contributed by atoms with E-state index in [1.54, 1.807) is 0 Å². The monoisotopic (exact) mass is 348 g/mol. The van der Waals surface area contributed by atoms with Gasteiger partial charge in [-0.15, -0.1) is 4.91 Å². The molecule has 1 heterocycles. The molecule has 7 heteroatoms. The second kappa shape index (κ2) is 9.17. The number of ether oxygens (including phenoxy) is 1. The summed E-state index contributed by atoms with van der Waals surface area (Å²) in [6.07, 6.45) is 4.73. The lowest BCUT2D eigenvalue weighted by Crippen LogP contribution is -2.10. The van der Waals surface area contributed by atoms with Crippen molar-refractivity contribution in [2.75, 3.05) is 11.9 Å². The van der Waals surface area contributed by atoms with Gasteiger partial charge in [0.25, 0.3) is 0 Å². The van der Waals surface area contributed by atoms with Crippen LogP contribution in [0.25, 0.3) is 0 Å². The molecule has 128 valence electrons. The zero-order valence-corrected chi connectivity index (χ0v) is 14.6. The summed E-state index contributed by atoms with van der Waals surface area (Å²) in [6.45, 7) is 5.09. The highest BCUT2D eigenvalue weighted by Gasteiger charge is 2.08. The van der Waals surface area contributed by atoms with Crippen LogP contribution in [0.3, 0.4) is 0 Å². The molecule has 0 amide bonds. The number of hydrogen-bond donors (Lipinski definition) is 1. The lowest BCUT2D eigenvalue weighted by Gasteiger charge is -2.15. The van der Waals surface area contributed by atoms with Gasteiger partial charge in [0, 0.05) is 5.69 Å². The summed E-state index contributed by atoms with van der Waals surface area (Å²) >= 11 is 5.75. The third kappa shape index (κ3) is 5.16. The third-order valence-electron chi connectivity index (χ3n) is 3.72. The fourth-order valence-electron chi connectivity index (χ4n) is 2.31. The first-order chi connectivity index (χ1) is 11.7. The van der Waals surface area contributed by atoms with Crippen LogP contribution in [0, 0.1) is 10.8 Å². The molecule has 0 aliphatic carbocycles. The Morgan fingerprint density at radius 3 is 2.67 bits per heavy atom. The maximum Gasteiger partial charge on any atom is 0.224 e. The number of aromatic nitrogens is 2. The summed E-state index contributed by atoms with van der Waals surface area (Å²) in [7, 11) is 0. The predicted molar refractivity (Wildman–Crippen MR) is 96.4 cm³/mol. The molecule has 0 aliphatic rings. The van der Waals surface area contributed by atoms with Gasteiger partial charge in [0.15, 0.2) is 11.5 Å². The molecule has 0 saturated heterocycles. The second-order valence-corrected chi connectivity index (χ2v) is 5.83. The first-order valence-corrected chi connectivity index (χ1v) is 8.39. The molecule has 1 unspecified atom stereocenters. The molecule has 1 atom stereocenters. The van der Waals surface area contributed by atoms with E-state index < -0.39 is 0 Å². The van der Waals surface area contributed by atoms with Gasteiger partial charge in [-0.05, 0) is 53.4 Å². The molecule has 24 heavy (non-hydrogen) atoms. The van der Waals surface area contributed by atoms with E-state index in [1.165, 1.54) is 19.0 Å². The molecule has 1 aromatic heterocycles. The van der Waals surface area contributed by atoms with Crippen LogP contribution in [0.2, 0.25) is 5.28 Å². The van der Waals surface area contributed by atoms with Crippen LogP contribution in [0.4, 0.5) is 17.2 Å². The van der Waals surface area contributed by atoms with Crippen LogP contribution < -0.4 is 10.1 Å². The highest BCUT2D eigenvalue weighted by molar-refractivity contribution is 6.28. The molecule has 0 bridgehead atoms. The number of rotatable bonds is 9. The lowest BCUT2D eigenvalue weighted by molar-refractivity contribution is 0.235. The van der Waals surface area contributed by atoms with Gasteiger partial charge in [0.05, 0.1) is 12.8 Å². The van der Waals surface area contributed by atoms with Crippen LogP contribution in [-0.4, -0.2) is 16.6 Å². The van der Waals surface area contributed by atoms with Crippen molar-refractivity contribution in [3.8, 4) is 5.75 Å². The van der Waals surface area contributed by atoms with Crippen molar-refractivity contribution in [1.29, 1.82) is 0 Å². The zero-order valence-electron chi connectivity index (χ0n) is 13.8. The standard InChI is InChI=1S/C17H21ClN4O2/c1-3-5-12(4-2)11-24-14-8-6-13(7-9-14)20-16-15(22-23)10-19-17(18)21-16/h6-10,12H,3-5,11H2,1-2H3,(H,19,20,21). The maximum atomic E-state index is 10.8. The van der Waals surface area contributed by atoms with Gasteiger partial charge in [-0.25, -0.2) is 4.98 Å². The molecular weight excluding hydrogens is 328 g/mol. The summed E-state index contributed by atoms with van der Waals surface area (Å²) in [5.41, 5.74) is 0.854. The molecule has 0 radical (unpaired) electrons. The molecule has 0 spiro atoms. The third-order valence-corrected chi connectivity index (χ3v) is 3.90. The van der Waals surface area contributed by atoms with Crippen LogP contribution in [0.1, 0.15) is 33.1 Å². The number of nitrogens with one attached hydrogen (secondary N) is 1. The van der Waals surface area contributed by atoms with Crippen LogP contribution in [-0.2, 0) is 0 Å². The first kappa shape index (κ1) is 18.1. The fourth-order valence-corrected chi connectivity index (χ4v) is 2.44. The normalized spacial score (nSPS) is 11.8. The largest absolute Gasteiger partial charge is 0.493 e. The Labute approximate surface area is 146 Å². The minimum atomic E-state index is 0.0476. The van der Waals surface area contributed by atoms with Gasteiger partial charge in [-0.3, -0.25) is 0 Å². The Balaban J connectivity index is 1.99. The van der Waals surface area contributed by atoms with E-state index >= 15 is 0 Å². The molecule has 0 saturated carbocycles. The average molecular weight is 349 g/mol. The van der Waals surface area contributed by atoms with E-state index in [9.17, 15) is 4.91 Å². The summed E-state index contributed by atoms with van der Waals surface area (Å²) in [6, 6.07) is 7.44. The van der Waals surface area contributed by atoms with Gasteiger partial charge in [0.1, 0.15) is 5.75 Å². The van der Waals surface area contributed by atoms with Gasteiger partial charge >= 0.3 is 0 Å². The van der Waals surface area contributed by atoms with Crippen molar-refractivity contribution >= 4 is 28.8 Å². The minimum Gasteiger partial charge on any atom is -0.493 e. The molecular formula is C17H21ClN4O2. The Morgan fingerprint density at radius 1 is 1.29 bits per heavy atom. The number of nitrogens with zero attached hydrogens (tertiary/aromatic N) is 3. The molecule has 0 aliphatic heterocycles. The van der Waals surface area contributed by atoms with E-state index in [-0.39, 0.29) is 16.8 Å². The average Bonchev–Trinajstić information content (AvgIpc) is 2.60. The van der Waals surface area contributed by atoms with Gasteiger partial charge in [-0.1, -0.05) is 26.7 Å². The topological polar surface area (TPSA) is 76.5 Å². The molecule has 1 N–H and O–H groups in total. The van der Waals surface area contributed by atoms with E-state index in [0.29, 0.717) is 5.92 Å². The summed E-state index contributed by atoms with van der Waals surface area (Å²) < 4.78 is 5.84. The van der Waals surface area contributed by atoms with E-state index in [1.807, 2.05) is 24.3 Å². The van der Waals surface area contributed by atoms with Crippen LogP contribution in [0.5, 0.6) is 5.75 Å². The minimum absolute atomic E-state index is 0.0476. The zero-order chi connectivity index (χ0) is 17.4. The number of halogens is 1.